The lowest BCUT2D eigenvalue weighted by Crippen LogP contribution is -2.38. The van der Waals surface area contributed by atoms with Crippen molar-refractivity contribution >= 4 is 17.5 Å². The van der Waals surface area contributed by atoms with Crippen LogP contribution in [-0.2, 0) is 0 Å². The molecule has 0 amide bonds. The number of benzene rings is 1. The fourth-order valence-corrected chi connectivity index (χ4v) is 4.24. The van der Waals surface area contributed by atoms with Crippen LogP contribution in [0.25, 0.3) is 0 Å². The van der Waals surface area contributed by atoms with Gasteiger partial charge in [0.25, 0.3) is 0 Å². The van der Waals surface area contributed by atoms with Crippen molar-refractivity contribution in [3.8, 4) is 0 Å². The molecule has 2 rings (SSSR count). The Morgan fingerprint density at radius 1 is 1.21 bits per heavy atom. The third-order valence-electron chi connectivity index (χ3n) is 4.00. The number of rotatable bonds is 3. The van der Waals surface area contributed by atoms with Gasteiger partial charge in [-0.2, -0.15) is 0 Å². The van der Waals surface area contributed by atoms with Gasteiger partial charge in [0.05, 0.1) is 5.71 Å². The molecule has 0 spiro atoms. The minimum Gasteiger partial charge on any atom is -0.411 e. The first-order chi connectivity index (χ1) is 9.03. The predicted molar refractivity (Wildman–Crippen MR) is 82.1 cm³/mol. The summed E-state index contributed by atoms with van der Waals surface area (Å²) in [6.07, 6.45) is 3.27. The Morgan fingerprint density at radius 2 is 1.89 bits per heavy atom. The van der Waals surface area contributed by atoms with Crippen molar-refractivity contribution in [1.29, 1.82) is 0 Å². The summed E-state index contributed by atoms with van der Waals surface area (Å²) in [7, 11) is 0. The maximum atomic E-state index is 9.29. The van der Waals surface area contributed by atoms with E-state index in [9.17, 15) is 5.21 Å². The third kappa shape index (κ3) is 3.53. The minimum atomic E-state index is 0.0586. The molecule has 2 atom stereocenters. The van der Waals surface area contributed by atoms with E-state index < -0.39 is 0 Å². The molecule has 1 aliphatic rings. The Morgan fingerprint density at radius 3 is 2.53 bits per heavy atom. The standard InChI is InChI=1S/C16H23NOS/c1-12-9-10-14(15(11-12)17-18)16(2,3)19-13-7-5-4-6-8-13/h4-8,12,14,18H,9-11H2,1-3H3/b17-15+/t12-,14-/m1/s1. The quantitative estimate of drug-likeness (QED) is 0.488. The molecule has 19 heavy (non-hydrogen) atoms. The first-order valence-corrected chi connectivity index (χ1v) is 7.79. The summed E-state index contributed by atoms with van der Waals surface area (Å²) in [5, 5.41) is 12.9. The summed E-state index contributed by atoms with van der Waals surface area (Å²) in [5.74, 6) is 0.999. The van der Waals surface area contributed by atoms with Crippen LogP contribution < -0.4 is 0 Å². The second kappa shape index (κ2) is 6.00. The average molecular weight is 277 g/mol. The topological polar surface area (TPSA) is 32.6 Å². The molecular weight excluding hydrogens is 254 g/mol. The van der Waals surface area contributed by atoms with Crippen molar-refractivity contribution in [2.24, 2.45) is 17.0 Å². The van der Waals surface area contributed by atoms with Crippen molar-refractivity contribution in [2.45, 2.75) is 49.7 Å². The van der Waals surface area contributed by atoms with Crippen LogP contribution >= 0.6 is 11.8 Å². The van der Waals surface area contributed by atoms with Gasteiger partial charge in [0.15, 0.2) is 0 Å². The maximum Gasteiger partial charge on any atom is 0.0618 e. The van der Waals surface area contributed by atoms with Crippen molar-refractivity contribution < 1.29 is 5.21 Å². The normalized spacial score (nSPS) is 26.6. The van der Waals surface area contributed by atoms with Crippen LogP contribution in [0.4, 0.5) is 0 Å². The van der Waals surface area contributed by atoms with Gasteiger partial charge in [-0.1, -0.05) is 30.3 Å². The molecule has 0 unspecified atom stereocenters. The SMILES string of the molecule is C[C@@H]1CC[C@@H](C(C)(C)Sc2ccccc2)/C(=N/O)C1. The van der Waals surface area contributed by atoms with E-state index >= 15 is 0 Å². The van der Waals surface area contributed by atoms with Crippen LogP contribution in [0.3, 0.4) is 0 Å². The Kier molecular flexibility index (Phi) is 4.56. The van der Waals surface area contributed by atoms with E-state index in [0.29, 0.717) is 11.8 Å². The molecule has 1 aromatic rings. The first kappa shape index (κ1) is 14.4. The lowest BCUT2D eigenvalue weighted by Gasteiger charge is -2.38. The molecule has 104 valence electrons. The van der Waals surface area contributed by atoms with Gasteiger partial charge in [0, 0.05) is 15.6 Å². The third-order valence-corrected chi connectivity index (χ3v) is 5.32. The summed E-state index contributed by atoms with van der Waals surface area (Å²) < 4.78 is 0.0586. The highest BCUT2D eigenvalue weighted by Crippen LogP contribution is 2.44. The van der Waals surface area contributed by atoms with E-state index in [4.69, 9.17) is 0 Å². The highest BCUT2D eigenvalue weighted by Gasteiger charge is 2.37. The smallest absolute Gasteiger partial charge is 0.0618 e. The van der Waals surface area contributed by atoms with Crippen molar-refractivity contribution in [2.75, 3.05) is 0 Å². The molecule has 0 heterocycles. The highest BCUT2D eigenvalue weighted by molar-refractivity contribution is 8.00. The highest BCUT2D eigenvalue weighted by atomic mass is 32.2. The van der Waals surface area contributed by atoms with Gasteiger partial charge in [-0.15, -0.1) is 11.8 Å². The molecule has 3 heteroatoms. The molecule has 2 nitrogen and oxygen atoms in total. The van der Waals surface area contributed by atoms with Crippen LogP contribution in [0.1, 0.15) is 40.0 Å². The summed E-state index contributed by atoms with van der Waals surface area (Å²) in [6.45, 7) is 6.76. The number of nitrogens with zero attached hydrogens (tertiary/aromatic N) is 1. The molecule has 1 aliphatic carbocycles. The molecule has 1 saturated carbocycles. The van der Waals surface area contributed by atoms with E-state index in [1.165, 1.54) is 11.3 Å². The van der Waals surface area contributed by atoms with Crippen LogP contribution in [0.5, 0.6) is 0 Å². The largest absolute Gasteiger partial charge is 0.411 e. The number of hydrogen-bond acceptors (Lipinski definition) is 3. The van der Waals surface area contributed by atoms with Crippen molar-refractivity contribution in [1.82, 2.24) is 0 Å². The zero-order valence-electron chi connectivity index (χ0n) is 12.0. The van der Waals surface area contributed by atoms with Crippen LogP contribution in [0, 0.1) is 11.8 Å². The lowest BCUT2D eigenvalue weighted by molar-refractivity contribution is 0.296. The van der Waals surface area contributed by atoms with Gasteiger partial charge in [-0.05, 0) is 51.2 Å². The number of hydrogen-bond donors (Lipinski definition) is 1. The Labute approximate surface area is 120 Å². The molecule has 1 N–H and O–H groups in total. The molecule has 0 saturated heterocycles. The van der Waals surface area contributed by atoms with Crippen molar-refractivity contribution in [3.63, 3.8) is 0 Å². The first-order valence-electron chi connectivity index (χ1n) is 6.98. The molecule has 0 aliphatic heterocycles. The Balaban J connectivity index is 2.14. The van der Waals surface area contributed by atoms with Gasteiger partial charge < -0.3 is 5.21 Å². The van der Waals surface area contributed by atoms with E-state index in [0.717, 1.165) is 18.6 Å². The molecular formula is C16H23NOS. The second-order valence-corrected chi connectivity index (χ2v) is 7.78. The van der Waals surface area contributed by atoms with Crippen LogP contribution in [0.15, 0.2) is 40.4 Å². The Bertz CT molecular complexity index is 441. The minimum absolute atomic E-state index is 0.0586. The second-order valence-electron chi connectivity index (χ2n) is 6.05. The fourth-order valence-electron chi connectivity index (χ4n) is 2.94. The molecule has 0 aromatic heterocycles. The Hall–Kier alpha value is -0.960. The predicted octanol–water partition coefficient (Wildman–Crippen LogP) is 4.82. The monoisotopic (exact) mass is 277 g/mol. The molecule has 0 bridgehead atoms. The van der Waals surface area contributed by atoms with E-state index in [1.54, 1.807) is 0 Å². The van der Waals surface area contributed by atoms with Gasteiger partial charge in [-0.25, -0.2) is 0 Å². The average Bonchev–Trinajstić information content (AvgIpc) is 2.38. The van der Waals surface area contributed by atoms with Crippen LogP contribution in [0.2, 0.25) is 0 Å². The van der Waals surface area contributed by atoms with Crippen molar-refractivity contribution in [3.05, 3.63) is 30.3 Å². The van der Waals surface area contributed by atoms with E-state index in [-0.39, 0.29) is 4.75 Å². The van der Waals surface area contributed by atoms with Gasteiger partial charge in [0.1, 0.15) is 0 Å². The molecule has 1 fully saturated rings. The number of thioether (sulfide) groups is 1. The fraction of sp³-hybridized carbons (Fsp3) is 0.562. The van der Waals surface area contributed by atoms with E-state index in [2.05, 4.69) is 50.2 Å². The van der Waals surface area contributed by atoms with E-state index in [1.807, 2.05) is 17.8 Å². The molecule has 0 radical (unpaired) electrons. The van der Waals surface area contributed by atoms with Gasteiger partial charge in [-0.3, -0.25) is 0 Å². The number of oxime groups is 1. The van der Waals surface area contributed by atoms with Gasteiger partial charge in [0.2, 0.25) is 0 Å². The summed E-state index contributed by atoms with van der Waals surface area (Å²) in [4.78, 5) is 1.28. The summed E-state index contributed by atoms with van der Waals surface area (Å²) in [6, 6.07) is 10.5. The maximum absolute atomic E-state index is 9.29. The summed E-state index contributed by atoms with van der Waals surface area (Å²) in [5.41, 5.74) is 0.979. The van der Waals surface area contributed by atoms with Gasteiger partial charge >= 0.3 is 0 Å². The lowest BCUT2D eigenvalue weighted by atomic mass is 9.75. The zero-order valence-corrected chi connectivity index (χ0v) is 12.8. The zero-order chi connectivity index (χ0) is 13.9. The molecule has 1 aromatic carbocycles. The summed E-state index contributed by atoms with van der Waals surface area (Å²) >= 11 is 1.88. The van der Waals surface area contributed by atoms with Crippen LogP contribution in [-0.4, -0.2) is 15.7 Å².